The topological polar surface area (TPSA) is 81.6 Å². The summed E-state index contributed by atoms with van der Waals surface area (Å²) in [5, 5.41) is 3.51. The summed E-state index contributed by atoms with van der Waals surface area (Å²) in [4.78, 5) is 30.2. The van der Waals surface area contributed by atoms with Crippen molar-refractivity contribution in [2.45, 2.75) is 0 Å². The van der Waals surface area contributed by atoms with Crippen LogP contribution < -0.4 is 16.0 Å². The van der Waals surface area contributed by atoms with Crippen LogP contribution in [-0.2, 0) is 0 Å². The van der Waals surface area contributed by atoms with Crippen LogP contribution in [0.5, 0.6) is 0 Å². The van der Waals surface area contributed by atoms with Crippen molar-refractivity contribution < 1.29 is 9.21 Å². The Balaban J connectivity index is 1.38. The summed E-state index contributed by atoms with van der Waals surface area (Å²) in [5.74, 6) is -0.458. The Hall–Kier alpha value is -2.93. The van der Waals surface area contributed by atoms with E-state index in [1.165, 1.54) is 0 Å². The number of carbonyl (C=O) groups is 1. The van der Waals surface area contributed by atoms with Gasteiger partial charge in [0.2, 0.25) is 0 Å². The summed E-state index contributed by atoms with van der Waals surface area (Å²) in [6.45, 7) is 2.62. The number of oxazole rings is 1. The van der Waals surface area contributed by atoms with Gasteiger partial charge in [0.1, 0.15) is 0 Å². The number of nitrogens with one attached hydrogen (secondary N) is 2. The highest BCUT2D eigenvalue weighted by atomic mass is 35.5. The van der Waals surface area contributed by atoms with E-state index in [1.807, 2.05) is 18.2 Å². The van der Waals surface area contributed by atoms with Gasteiger partial charge in [-0.2, -0.15) is 0 Å². The van der Waals surface area contributed by atoms with Crippen molar-refractivity contribution in [3.05, 3.63) is 58.0 Å². The van der Waals surface area contributed by atoms with E-state index in [0.29, 0.717) is 42.3 Å². The molecule has 2 N–H and O–H groups in total. The number of anilines is 2. The number of nitrogens with zero attached hydrogens (tertiary/aromatic N) is 2. The highest BCUT2D eigenvalue weighted by molar-refractivity contribution is 6.30. The number of piperazine rings is 1. The first-order chi connectivity index (χ1) is 12.6. The van der Waals surface area contributed by atoms with Crippen molar-refractivity contribution in [2.24, 2.45) is 0 Å². The number of hydrogen-bond acceptors (Lipinski definition) is 4. The first-order valence-corrected chi connectivity index (χ1v) is 8.65. The molecule has 8 heteroatoms. The predicted molar refractivity (Wildman–Crippen MR) is 101 cm³/mol. The standard InChI is InChI=1S/C18H17ClN4O3/c19-12-1-3-13(4-2-12)20-17(24)23-9-7-22(8-10-23)14-5-6-15-16(11-14)26-18(25)21-15/h1-6,11H,7-10H2,(H,20,24)(H,21,25). The van der Waals surface area contributed by atoms with Gasteiger partial charge in [-0.25, -0.2) is 9.59 Å². The predicted octanol–water partition coefficient (Wildman–Crippen LogP) is 3.13. The van der Waals surface area contributed by atoms with Crippen LogP contribution in [0, 0.1) is 0 Å². The third-order valence-corrected chi connectivity index (χ3v) is 4.68. The van der Waals surface area contributed by atoms with Gasteiger partial charge in [-0.15, -0.1) is 0 Å². The molecular formula is C18H17ClN4O3. The number of H-pyrrole nitrogens is 1. The fourth-order valence-electron chi connectivity index (χ4n) is 3.03. The van der Waals surface area contributed by atoms with Gasteiger partial charge in [-0.1, -0.05) is 11.6 Å². The zero-order chi connectivity index (χ0) is 18.1. The van der Waals surface area contributed by atoms with Gasteiger partial charge < -0.3 is 19.5 Å². The zero-order valence-electron chi connectivity index (χ0n) is 13.9. The van der Waals surface area contributed by atoms with Gasteiger partial charge in [0.15, 0.2) is 5.58 Å². The van der Waals surface area contributed by atoms with E-state index in [1.54, 1.807) is 29.2 Å². The summed E-state index contributed by atoms with van der Waals surface area (Å²) < 4.78 is 5.11. The molecule has 2 amide bonds. The Morgan fingerprint density at radius 3 is 2.54 bits per heavy atom. The van der Waals surface area contributed by atoms with Crippen LogP contribution in [0.25, 0.3) is 11.1 Å². The lowest BCUT2D eigenvalue weighted by Gasteiger charge is -2.36. The van der Waals surface area contributed by atoms with Crippen molar-refractivity contribution in [3.8, 4) is 0 Å². The minimum absolute atomic E-state index is 0.126. The molecule has 1 aromatic heterocycles. The van der Waals surface area contributed by atoms with Crippen LogP contribution in [0.2, 0.25) is 5.02 Å². The van der Waals surface area contributed by atoms with Crippen LogP contribution in [0.15, 0.2) is 51.7 Å². The summed E-state index contributed by atoms with van der Waals surface area (Å²) in [5.41, 5.74) is 2.91. The van der Waals surface area contributed by atoms with Crippen LogP contribution in [0.3, 0.4) is 0 Å². The third kappa shape index (κ3) is 3.39. The van der Waals surface area contributed by atoms with E-state index in [4.69, 9.17) is 16.0 Å². The molecule has 1 aliphatic heterocycles. The molecule has 0 spiro atoms. The van der Waals surface area contributed by atoms with E-state index in [0.717, 1.165) is 11.4 Å². The van der Waals surface area contributed by atoms with Gasteiger partial charge in [0.05, 0.1) is 5.52 Å². The van der Waals surface area contributed by atoms with Crippen molar-refractivity contribution in [1.29, 1.82) is 0 Å². The normalized spacial score (nSPS) is 14.7. The minimum atomic E-state index is -0.458. The molecule has 0 saturated carbocycles. The molecule has 1 saturated heterocycles. The van der Waals surface area contributed by atoms with Crippen molar-refractivity contribution in [1.82, 2.24) is 9.88 Å². The van der Waals surface area contributed by atoms with Crippen LogP contribution in [0.4, 0.5) is 16.2 Å². The number of carbonyl (C=O) groups excluding carboxylic acids is 1. The number of benzene rings is 2. The van der Waals surface area contributed by atoms with Gasteiger partial charge >= 0.3 is 11.8 Å². The number of aromatic amines is 1. The maximum atomic E-state index is 12.4. The lowest BCUT2D eigenvalue weighted by molar-refractivity contribution is 0.208. The molecule has 26 heavy (non-hydrogen) atoms. The molecule has 1 aliphatic rings. The second kappa shape index (κ2) is 6.76. The van der Waals surface area contributed by atoms with E-state index in [9.17, 15) is 9.59 Å². The molecule has 3 aromatic rings. The molecule has 0 atom stereocenters. The largest absolute Gasteiger partial charge is 0.417 e. The van der Waals surface area contributed by atoms with Crippen molar-refractivity contribution in [3.63, 3.8) is 0 Å². The summed E-state index contributed by atoms with van der Waals surface area (Å²) >= 11 is 5.85. The average molecular weight is 373 g/mol. The Bertz CT molecular complexity index is 988. The molecule has 2 heterocycles. The first kappa shape index (κ1) is 16.5. The molecule has 134 valence electrons. The number of fused-ring (bicyclic) bond motifs is 1. The third-order valence-electron chi connectivity index (χ3n) is 4.43. The lowest BCUT2D eigenvalue weighted by Crippen LogP contribution is -2.50. The molecule has 0 aliphatic carbocycles. The molecule has 0 unspecified atom stereocenters. The number of hydrogen-bond donors (Lipinski definition) is 2. The fourth-order valence-corrected chi connectivity index (χ4v) is 3.16. The molecule has 0 bridgehead atoms. The zero-order valence-corrected chi connectivity index (χ0v) is 14.6. The first-order valence-electron chi connectivity index (χ1n) is 8.28. The maximum absolute atomic E-state index is 12.4. The van der Waals surface area contributed by atoms with E-state index in [2.05, 4.69) is 15.2 Å². The lowest BCUT2D eigenvalue weighted by atomic mass is 10.2. The Kier molecular flexibility index (Phi) is 4.30. The van der Waals surface area contributed by atoms with E-state index >= 15 is 0 Å². The molecule has 2 aromatic carbocycles. The molecular weight excluding hydrogens is 356 g/mol. The molecule has 4 rings (SSSR count). The highest BCUT2D eigenvalue weighted by Gasteiger charge is 2.21. The SMILES string of the molecule is O=C(Nc1ccc(Cl)cc1)N1CCN(c2ccc3[nH]c(=O)oc3c2)CC1. The number of halogens is 1. The van der Waals surface area contributed by atoms with Gasteiger partial charge in [-0.3, -0.25) is 4.98 Å². The summed E-state index contributed by atoms with van der Waals surface area (Å²) in [6, 6.07) is 12.5. The number of rotatable bonds is 2. The van der Waals surface area contributed by atoms with Gasteiger partial charge in [-0.05, 0) is 36.4 Å². The molecule has 7 nitrogen and oxygen atoms in total. The van der Waals surface area contributed by atoms with Gasteiger partial charge in [0, 0.05) is 48.6 Å². The number of urea groups is 1. The Morgan fingerprint density at radius 1 is 1.08 bits per heavy atom. The van der Waals surface area contributed by atoms with Crippen molar-refractivity contribution in [2.75, 3.05) is 36.4 Å². The second-order valence-electron chi connectivity index (χ2n) is 6.11. The smallest absolute Gasteiger partial charge is 0.408 e. The Morgan fingerprint density at radius 2 is 1.81 bits per heavy atom. The van der Waals surface area contributed by atoms with Crippen LogP contribution >= 0.6 is 11.6 Å². The van der Waals surface area contributed by atoms with E-state index < -0.39 is 5.76 Å². The van der Waals surface area contributed by atoms with Crippen LogP contribution in [-0.4, -0.2) is 42.1 Å². The average Bonchev–Trinajstić information content (AvgIpc) is 3.03. The second-order valence-corrected chi connectivity index (χ2v) is 6.54. The molecule has 1 fully saturated rings. The Labute approximate surface area is 154 Å². The quantitative estimate of drug-likeness (QED) is 0.724. The monoisotopic (exact) mass is 372 g/mol. The number of amides is 2. The minimum Gasteiger partial charge on any atom is -0.408 e. The van der Waals surface area contributed by atoms with Crippen molar-refractivity contribution >= 4 is 40.1 Å². The fraction of sp³-hybridized carbons (Fsp3) is 0.222. The summed E-state index contributed by atoms with van der Waals surface area (Å²) in [7, 11) is 0. The highest BCUT2D eigenvalue weighted by Crippen LogP contribution is 2.22. The summed E-state index contributed by atoms with van der Waals surface area (Å²) in [6.07, 6.45) is 0. The van der Waals surface area contributed by atoms with E-state index in [-0.39, 0.29) is 6.03 Å². The van der Waals surface area contributed by atoms with Gasteiger partial charge in [0.25, 0.3) is 0 Å². The molecule has 0 radical (unpaired) electrons. The van der Waals surface area contributed by atoms with Crippen LogP contribution in [0.1, 0.15) is 0 Å². The maximum Gasteiger partial charge on any atom is 0.417 e. The number of aromatic nitrogens is 1.